The Morgan fingerprint density at radius 2 is 1.15 bits per heavy atom. The predicted octanol–water partition coefficient (Wildman–Crippen LogP) is 11.2. The average Bonchev–Trinajstić information content (AvgIpc) is 3.12. The third-order valence-corrected chi connectivity index (χ3v) is 10.6. The third kappa shape index (κ3) is 8.83. The van der Waals surface area contributed by atoms with Crippen molar-refractivity contribution >= 4 is 106 Å². The Labute approximate surface area is 324 Å². The van der Waals surface area contributed by atoms with Gasteiger partial charge in [-0.05, 0) is 109 Å². The summed E-state index contributed by atoms with van der Waals surface area (Å²) in [5.74, 6) is -0.816. The third-order valence-electron chi connectivity index (χ3n) is 7.33. The van der Waals surface area contributed by atoms with Gasteiger partial charge in [0.1, 0.15) is 37.8 Å². The number of fused-ring (bicyclic) bond motifs is 1. The smallest absolute Gasteiger partial charge is 0.296 e. The fourth-order valence-electron chi connectivity index (χ4n) is 4.80. The van der Waals surface area contributed by atoms with Crippen LogP contribution >= 0.6 is 35.0 Å². The fourth-order valence-corrected chi connectivity index (χ4v) is 7.26. The monoisotopic (exact) mass is 826 g/mol. The molecule has 0 bridgehead atoms. The van der Waals surface area contributed by atoms with Crippen LogP contribution in [0.5, 0.6) is 11.5 Å². The van der Waals surface area contributed by atoms with Crippen LogP contribution < -0.4 is 5.73 Å². The number of phenols is 2. The molecule has 0 radical (unpaired) electrons. The second-order valence-electron chi connectivity index (χ2n) is 11.0. The lowest BCUT2D eigenvalue weighted by molar-refractivity contribution is 0.459. The van der Waals surface area contributed by atoms with Gasteiger partial charge in [-0.15, -0.1) is 15.3 Å². The highest BCUT2D eigenvalue weighted by molar-refractivity contribution is 7.99. The van der Waals surface area contributed by atoms with Crippen molar-refractivity contribution in [3.05, 3.63) is 113 Å². The average molecular weight is 828 g/mol. The molecule has 0 amide bonds. The Balaban J connectivity index is 0.00000348. The van der Waals surface area contributed by atoms with Crippen LogP contribution in [0.2, 0.25) is 10.0 Å². The van der Waals surface area contributed by atoms with Crippen molar-refractivity contribution in [3.63, 3.8) is 0 Å². The Morgan fingerprint density at radius 3 is 1.69 bits per heavy atom. The van der Waals surface area contributed by atoms with Crippen LogP contribution in [0.3, 0.4) is 0 Å². The number of hydrogen-bond donors (Lipinski definition) is 4. The van der Waals surface area contributed by atoms with E-state index in [2.05, 4.69) is 30.7 Å². The van der Waals surface area contributed by atoms with E-state index in [0.717, 1.165) is 21.9 Å². The fraction of sp³-hybridized carbons (Fsp3) is 0. The Morgan fingerprint density at radius 1 is 0.648 bits per heavy atom. The molecule has 20 heteroatoms. The number of phenolic OH excluding ortho intramolecular Hbond substituents is 2. The zero-order valence-corrected chi connectivity index (χ0v) is 30.9. The Hall–Kier alpha value is -5.47. The van der Waals surface area contributed by atoms with Crippen molar-refractivity contribution in [1.29, 1.82) is 0 Å². The number of nitrogens with two attached hydrogens (primary N) is 1. The summed E-state index contributed by atoms with van der Waals surface area (Å²) in [5, 5.41) is 44.2. The van der Waals surface area contributed by atoms with Crippen molar-refractivity contribution in [3.8, 4) is 11.5 Å². The van der Waals surface area contributed by atoms with Crippen LogP contribution in [0.1, 0.15) is 2.85 Å². The van der Waals surface area contributed by atoms with Crippen molar-refractivity contribution in [1.82, 2.24) is 0 Å². The SMILES string of the molecule is Nc1c(N=Nc2cc(Cl)ccc2Cl)c(S(=O)(=O)O)cc2cc(S(=O)(=O)[O-])c(N=Nc3ccc(Sc4ccc(N=Nc5ccc(O)cc5)cc4)cc3)c(O)c12.[HH].[HH]. The zero-order chi connectivity index (χ0) is 38.8. The molecule has 0 spiro atoms. The van der Waals surface area contributed by atoms with Gasteiger partial charge in [-0.25, -0.2) is 8.42 Å². The molecule has 0 unspecified atom stereocenters. The Bertz CT molecular complexity index is 2750. The quantitative estimate of drug-likeness (QED) is 0.0577. The van der Waals surface area contributed by atoms with Gasteiger partial charge in [0.25, 0.3) is 10.1 Å². The minimum Gasteiger partial charge on any atom is -0.744 e. The van der Waals surface area contributed by atoms with Gasteiger partial charge < -0.3 is 20.5 Å². The van der Waals surface area contributed by atoms with Crippen LogP contribution in [0, 0.1) is 0 Å². The molecular formula is C34H26Cl2N7O8S3-. The molecule has 278 valence electrons. The molecule has 5 N–H and O–H groups in total. The maximum Gasteiger partial charge on any atom is 0.296 e. The number of anilines is 1. The number of hydrogen-bond acceptors (Lipinski definition) is 15. The number of nitrogen functional groups attached to an aromatic ring is 1. The molecule has 0 aromatic heterocycles. The number of rotatable bonds is 10. The first-order valence-electron chi connectivity index (χ1n) is 15.0. The second kappa shape index (κ2) is 15.5. The van der Waals surface area contributed by atoms with Crippen LogP contribution in [0.25, 0.3) is 10.8 Å². The summed E-state index contributed by atoms with van der Waals surface area (Å²) in [4.78, 5) is -0.284. The van der Waals surface area contributed by atoms with Crippen molar-refractivity contribution in [2.75, 3.05) is 5.73 Å². The first-order valence-corrected chi connectivity index (χ1v) is 19.4. The lowest BCUT2D eigenvalue weighted by Gasteiger charge is -2.16. The van der Waals surface area contributed by atoms with E-state index in [1.54, 1.807) is 48.5 Å². The molecule has 0 aliphatic rings. The van der Waals surface area contributed by atoms with E-state index < -0.39 is 52.8 Å². The van der Waals surface area contributed by atoms with Gasteiger partial charge in [-0.1, -0.05) is 35.0 Å². The highest BCUT2D eigenvalue weighted by atomic mass is 35.5. The molecule has 15 nitrogen and oxygen atoms in total. The van der Waals surface area contributed by atoms with Gasteiger partial charge in [0.05, 0.1) is 38.1 Å². The summed E-state index contributed by atoms with van der Waals surface area (Å²) < 4.78 is 71.6. The van der Waals surface area contributed by atoms with Gasteiger partial charge >= 0.3 is 0 Å². The molecular weight excluding hydrogens is 802 g/mol. The maximum atomic E-state index is 12.4. The highest BCUT2D eigenvalue weighted by Crippen LogP contribution is 2.48. The highest BCUT2D eigenvalue weighted by Gasteiger charge is 2.26. The summed E-state index contributed by atoms with van der Waals surface area (Å²) in [6.07, 6.45) is 0. The first-order chi connectivity index (χ1) is 25.6. The van der Waals surface area contributed by atoms with E-state index in [4.69, 9.17) is 28.9 Å². The molecule has 0 aliphatic carbocycles. The number of benzene rings is 6. The summed E-state index contributed by atoms with van der Waals surface area (Å²) in [7, 11) is -10.4. The molecule has 0 heterocycles. The van der Waals surface area contributed by atoms with Crippen LogP contribution in [0.4, 0.5) is 39.8 Å². The van der Waals surface area contributed by atoms with Gasteiger partial charge in [0.15, 0.2) is 5.75 Å². The van der Waals surface area contributed by atoms with E-state index in [0.29, 0.717) is 11.4 Å². The van der Waals surface area contributed by atoms with Gasteiger partial charge in [0, 0.05) is 17.7 Å². The van der Waals surface area contributed by atoms with Crippen molar-refractivity contribution < 1.29 is 39.0 Å². The van der Waals surface area contributed by atoms with Crippen LogP contribution in [0.15, 0.2) is 153 Å². The van der Waals surface area contributed by atoms with Crippen LogP contribution in [-0.2, 0) is 20.2 Å². The van der Waals surface area contributed by atoms with E-state index in [-0.39, 0.29) is 40.8 Å². The van der Waals surface area contributed by atoms with Gasteiger partial charge in [-0.3, -0.25) is 4.55 Å². The molecule has 0 aliphatic heterocycles. The van der Waals surface area contributed by atoms with Gasteiger partial charge in [-0.2, -0.15) is 23.8 Å². The molecule has 54 heavy (non-hydrogen) atoms. The van der Waals surface area contributed by atoms with Crippen LogP contribution in [-0.4, -0.2) is 36.2 Å². The lowest BCUT2D eigenvalue weighted by Crippen LogP contribution is -2.04. The van der Waals surface area contributed by atoms with E-state index >= 15 is 0 Å². The Kier molecular flexibility index (Phi) is 11.0. The number of nitrogens with zero attached hydrogens (tertiary/aromatic N) is 6. The minimum absolute atomic E-state index is 0. The number of azo groups is 3. The lowest BCUT2D eigenvalue weighted by atomic mass is 10.1. The number of halogens is 2. The standard InChI is InChI=1S/C34H23Cl2N7O8S3.2H2/c35-19-1-14-26(36)27(17-19)41-42-32-28(53(46,47)48)15-18-16-29(54(49,50)51)33(34(45)30(18)31(32)37)43-40-22-6-12-25(13-7-22)52-24-10-4-21(5-11-24)39-38-20-2-8-23(44)9-3-20;;/h1-17,44-45H,37H2,(H,46,47,48)(H,49,50,51);2*1H/p-1. The van der Waals surface area contributed by atoms with E-state index in [9.17, 15) is 36.2 Å². The molecule has 0 saturated carbocycles. The molecule has 6 rings (SSSR count). The zero-order valence-electron chi connectivity index (χ0n) is 26.9. The normalized spacial score (nSPS) is 12.4. The number of aromatic hydroxyl groups is 2. The van der Waals surface area contributed by atoms with Crippen molar-refractivity contribution in [2.24, 2.45) is 30.7 Å². The molecule has 0 atom stereocenters. The molecule has 6 aromatic rings. The minimum atomic E-state index is -5.35. The molecule has 0 saturated heterocycles. The van der Waals surface area contributed by atoms with Gasteiger partial charge in [0.2, 0.25) is 0 Å². The molecule has 6 aromatic carbocycles. The largest absolute Gasteiger partial charge is 0.744 e. The van der Waals surface area contributed by atoms with E-state index in [1.807, 2.05) is 12.1 Å². The summed E-state index contributed by atoms with van der Waals surface area (Å²) in [6.45, 7) is 0. The first kappa shape index (κ1) is 38.3. The molecule has 0 fully saturated rings. The summed E-state index contributed by atoms with van der Waals surface area (Å²) >= 11 is 13.5. The summed E-state index contributed by atoms with van der Waals surface area (Å²) in [5.41, 5.74) is 5.66. The van der Waals surface area contributed by atoms with E-state index in [1.165, 1.54) is 42.1 Å². The second-order valence-corrected chi connectivity index (χ2v) is 15.8. The summed E-state index contributed by atoms with van der Waals surface area (Å²) in [6, 6.07) is 25.8. The topological polar surface area (TPSA) is 252 Å². The predicted molar refractivity (Wildman–Crippen MR) is 206 cm³/mol. The van der Waals surface area contributed by atoms with Crippen molar-refractivity contribution in [2.45, 2.75) is 19.6 Å². The maximum absolute atomic E-state index is 12.4.